The van der Waals surface area contributed by atoms with Gasteiger partial charge in [-0.2, -0.15) is 8.42 Å². The summed E-state index contributed by atoms with van der Waals surface area (Å²) in [6, 6.07) is 3.76. The quantitative estimate of drug-likeness (QED) is 0.0985. The van der Waals surface area contributed by atoms with Crippen molar-refractivity contribution in [1.82, 2.24) is 0 Å². The molecule has 0 spiro atoms. The normalized spacial score (nSPS) is 10.7. The topological polar surface area (TPSA) is 220 Å². The molecule has 0 bridgehead atoms. The highest BCUT2D eigenvalue weighted by atomic mass is 32.2. The lowest BCUT2D eigenvalue weighted by molar-refractivity contribution is 0.473. The van der Waals surface area contributed by atoms with E-state index in [4.69, 9.17) is 16.0 Å². The highest BCUT2D eigenvalue weighted by molar-refractivity contribution is 7.86. The summed E-state index contributed by atoms with van der Waals surface area (Å²) in [5.41, 5.74) is 12.8. The Hall–Kier alpha value is -2.67. The van der Waals surface area contributed by atoms with E-state index in [1.807, 2.05) is 0 Å². The van der Waals surface area contributed by atoms with Crippen LogP contribution in [0.4, 0.5) is 17.1 Å². The number of nitrogens with one attached hydrogen (secondary N) is 1. The first-order chi connectivity index (χ1) is 10.3. The van der Waals surface area contributed by atoms with Gasteiger partial charge in [0, 0.05) is 10.8 Å². The Bertz CT molecular complexity index is 822. The van der Waals surface area contributed by atoms with Crippen LogP contribution < -0.4 is 28.6 Å². The van der Waals surface area contributed by atoms with Gasteiger partial charge < -0.3 is 16.6 Å². The zero-order valence-electron chi connectivity index (χ0n) is 11.0. The summed E-state index contributed by atoms with van der Waals surface area (Å²) in [7, 11) is -4.65. The van der Waals surface area contributed by atoms with Gasteiger partial charge in [-0.15, -0.1) is 4.91 Å². The molecule has 120 valence electrons. The molecule has 11 N–H and O–H groups in total. The van der Waals surface area contributed by atoms with E-state index in [2.05, 4.69) is 22.4 Å². The fourth-order valence-electron chi connectivity index (χ4n) is 1.85. The van der Waals surface area contributed by atoms with Gasteiger partial charge in [-0.05, 0) is 18.2 Å². The van der Waals surface area contributed by atoms with Crippen LogP contribution in [0.15, 0.2) is 28.4 Å². The number of anilines is 3. The van der Waals surface area contributed by atoms with Crippen molar-refractivity contribution in [2.24, 2.45) is 17.0 Å². The van der Waals surface area contributed by atoms with Crippen LogP contribution >= 0.6 is 0 Å². The van der Waals surface area contributed by atoms with Gasteiger partial charge in [0.1, 0.15) is 10.6 Å². The summed E-state index contributed by atoms with van der Waals surface area (Å²) in [5.74, 6) is 7.45. The maximum atomic E-state index is 11.2. The van der Waals surface area contributed by atoms with E-state index in [9.17, 15) is 18.4 Å². The van der Waals surface area contributed by atoms with Gasteiger partial charge in [-0.3, -0.25) is 16.2 Å². The number of nitrogen functional groups attached to an aromatic ring is 2. The minimum Gasteiger partial charge on any atom is -0.505 e. The van der Waals surface area contributed by atoms with Crippen LogP contribution in [0.5, 0.6) is 5.75 Å². The first-order valence-electron chi connectivity index (χ1n) is 5.50. The van der Waals surface area contributed by atoms with Crippen molar-refractivity contribution < 1.29 is 18.1 Å². The average Bonchev–Trinajstić information content (AvgIpc) is 2.46. The summed E-state index contributed by atoms with van der Waals surface area (Å²) >= 11 is 0. The van der Waals surface area contributed by atoms with Crippen molar-refractivity contribution >= 4 is 38.0 Å². The van der Waals surface area contributed by atoms with Crippen molar-refractivity contribution in [1.29, 1.82) is 0 Å². The predicted octanol–water partition coefficient (Wildman–Crippen LogP) is -0.131. The molecule has 0 aromatic heterocycles. The lowest BCUT2D eigenvalue weighted by atomic mass is 10.1. The Morgan fingerprint density at radius 3 is 2.23 bits per heavy atom. The number of nitroso groups, excluding NO2 is 1. The molecular weight excluding hydrogens is 316 g/mol. The first-order valence-corrected chi connectivity index (χ1v) is 6.94. The van der Waals surface area contributed by atoms with E-state index in [0.29, 0.717) is 0 Å². The number of phenolic OH excluding ortho intramolecular Hbond substituents is 1. The fraction of sp³-hybridized carbons (Fsp3) is 0. The number of rotatable bonds is 3. The second-order valence-corrected chi connectivity index (χ2v) is 5.33. The zero-order valence-corrected chi connectivity index (χ0v) is 11.8. The lowest BCUT2D eigenvalue weighted by Crippen LogP contribution is -2.05. The van der Waals surface area contributed by atoms with Gasteiger partial charge in [0.2, 0.25) is 0 Å². The number of nitrogens with two attached hydrogens (primary N) is 4. The molecule has 2 aromatic rings. The van der Waals surface area contributed by atoms with Crippen LogP contribution in [0.3, 0.4) is 0 Å². The Morgan fingerprint density at radius 1 is 1.14 bits per heavy atom. The van der Waals surface area contributed by atoms with Crippen molar-refractivity contribution in [2.75, 3.05) is 16.9 Å². The van der Waals surface area contributed by atoms with Crippen LogP contribution in [0.2, 0.25) is 0 Å². The molecule has 0 aliphatic heterocycles. The Morgan fingerprint density at radius 2 is 1.73 bits per heavy atom. The molecule has 22 heavy (non-hydrogen) atoms. The average molecular weight is 330 g/mol. The van der Waals surface area contributed by atoms with Crippen molar-refractivity contribution in [2.45, 2.75) is 4.90 Å². The fourth-order valence-corrected chi connectivity index (χ4v) is 2.49. The molecule has 0 saturated heterocycles. The molecule has 2 rings (SSSR count). The van der Waals surface area contributed by atoms with E-state index in [0.717, 1.165) is 6.07 Å². The van der Waals surface area contributed by atoms with Gasteiger partial charge in [0.05, 0.1) is 22.3 Å². The van der Waals surface area contributed by atoms with E-state index < -0.39 is 26.5 Å². The standard InChI is InChI=1S/C10H10N4O5S.H4N2/c11-6-2-1-4-5(9(6)13-14-16)3-7(20(17,18)19)8(12)10(4)15;1-2/h1-3,15H,11-12H2,(H,13,16)(H,17,18,19);1-2H2. The third-order valence-electron chi connectivity index (χ3n) is 2.76. The molecule has 0 saturated carbocycles. The molecular formula is C10H14N6O5S. The number of fused-ring (bicyclic) bond motifs is 1. The summed E-state index contributed by atoms with van der Waals surface area (Å²) < 4.78 is 31.6. The summed E-state index contributed by atoms with van der Waals surface area (Å²) in [4.78, 5) is 9.64. The van der Waals surface area contributed by atoms with Gasteiger partial charge >= 0.3 is 0 Å². The zero-order chi connectivity index (χ0) is 17.1. The van der Waals surface area contributed by atoms with Crippen LogP contribution in [-0.4, -0.2) is 18.1 Å². The number of nitrogens with zero attached hydrogens (tertiary/aromatic N) is 1. The minimum absolute atomic E-state index is 0.00213. The third kappa shape index (κ3) is 2.99. The minimum atomic E-state index is -4.65. The maximum Gasteiger partial charge on any atom is 0.296 e. The largest absolute Gasteiger partial charge is 0.505 e. The molecule has 0 radical (unpaired) electrons. The Balaban J connectivity index is 0.00000116. The van der Waals surface area contributed by atoms with Gasteiger partial charge in [-0.1, -0.05) is 0 Å². The second-order valence-electron chi connectivity index (χ2n) is 3.94. The SMILES string of the molecule is NN.Nc1ccc2c(O)c(N)c(S(=O)(=O)O)cc2c1NN=O. The van der Waals surface area contributed by atoms with Crippen LogP contribution in [0.1, 0.15) is 0 Å². The van der Waals surface area contributed by atoms with Gasteiger partial charge in [0.15, 0.2) is 0 Å². The number of hydrogen-bond donors (Lipinski definition) is 7. The van der Waals surface area contributed by atoms with E-state index in [1.54, 1.807) is 0 Å². The lowest BCUT2D eigenvalue weighted by Gasteiger charge is -2.12. The number of aromatic hydroxyl groups is 1. The van der Waals surface area contributed by atoms with E-state index >= 15 is 0 Å². The van der Waals surface area contributed by atoms with Crippen LogP contribution in [0.25, 0.3) is 10.8 Å². The molecule has 0 amide bonds. The number of phenols is 1. The number of benzene rings is 2. The van der Waals surface area contributed by atoms with Gasteiger partial charge in [0.25, 0.3) is 10.1 Å². The maximum absolute atomic E-state index is 11.2. The molecule has 0 heterocycles. The molecule has 12 heteroatoms. The molecule has 0 aliphatic rings. The summed E-state index contributed by atoms with van der Waals surface area (Å²) in [6.07, 6.45) is 0. The summed E-state index contributed by atoms with van der Waals surface area (Å²) in [6.45, 7) is 0. The molecule has 2 aromatic carbocycles. The smallest absolute Gasteiger partial charge is 0.296 e. The van der Waals surface area contributed by atoms with E-state index in [1.165, 1.54) is 12.1 Å². The Kier molecular flexibility index (Phi) is 5.06. The highest BCUT2D eigenvalue weighted by Gasteiger charge is 2.21. The van der Waals surface area contributed by atoms with Crippen LogP contribution in [-0.2, 0) is 10.1 Å². The number of hydrazine groups is 1. The Labute approximate surface area is 124 Å². The molecule has 0 unspecified atom stereocenters. The molecule has 0 fully saturated rings. The molecule has 11 nitrogen and oxygen atoms in total. The monoisotopic (exact) mass is 330 g/mol. The van der Waals surface area contributed by atoms with E-state index in [-0.39, 0.29) is 22.1 Å². The van der Waals surface area contributed by atoms with Crippen molar-refractivity contribution in [3.63, 3.8) is 0 Å². The van der Waals surface area contributed by atoms with Crippen molar-refractivity contribution in [3.8, 4) is 5.75 Å². The molecule has 0 atom stereocenters. The highest BCUT2D eigenvalue weighted by Crippen LogP contribution is 2.41. The molecule has 0 aliphatic carbocycles. The van der Waals surface area contributed by atoms with Gasteiger partial charge in [-0.25, -0.2) is 5.43 Å². The van der Waals surface area contributed by atoms with Crippen molar-refractivity contribution in [3.05, 3.63) is 23.1 Å². The second kappa shape index (κ2) is 6.40. The summed E-state index contributed by atoms with van der Waals surface area (Å²) in [5, 5.41) is 12.6. The first kappa shape index (κ1) is 17.4. The number of hydrogen-bond acceptors (Lipinski definition) is 9. The third-order valence-corrected chi connectivity index (χ3v) is 3.66. The predicted molar refractivity (Wildman–Crippen MR) is 82.0 cm³/mol. The van der Waals surface area contributed by atoms with Crippen LogP contribution in [0, 0.1) is 4.91 Å².